The predicted octanol–water partition coefficient (Wildman–Crippen LogP) is 5.13. The molecule has 2 aromatic carbocycles. The van der Waals surface area contributed by atoms with E-state index >= 15 is 0 Å². The van der Waals surface area contributed by atoms with Crippen LogP contribution in [0.4, 0.5) is 0 Å². The van der Waals surface area contributed by atoms with Crippen molar-refractivity contribution in [3.8, 4) is 5.75 Å². The van der Waals surface area contributed by atoms with E-state index in [9.17, 15) is 4.79 Å². The smallest absolute Gasteiger partial charge is 0.255 e. The van der Waals surface area contributed by atoms with Gasteiger partial charge in [-0.3, -0.25) is 4.79 Å². The van der Waals surface area contributed by atoms with Gasteiger partial charge in [-0.1, -0.05) is 41.4 Å². The fourth-order valence-corrected chi connectivity index (χ4v) is 4.29. The Hall–Kier alpha value is -2.30. The highest BCUT2D eigenvalue weighted by atomic mass is 35.5. The number of aromatic amines is 1. The van der Waals surface area contributed by atoms with Crippen molar-refractivity contribution in [2.75, 3.05) is 0 Å². The van der Waals surface area contributed by atoms with E-state index in [-0.39, 0.29) is 17.7 Å². The largest absolute Gasteiger partial charge is 0.489 e. The first kappa shape index (κ1) is 19.0. The van der Waals surface area contributed by atoms with Crippen LogP contribution in [-0.2, 0) is 0 Å². The SMILES string of the molecule is Cc1ccc(C(N)C2CCC(Oc3cc4cc[nH]c(=O)c4cc3Cl)CC2)cc1. The van der Waals surface area contributed by atoms with E-state index < -0.39 is 0 Å². The summed E-state index contributed by atoms with van der Waals surface area (Å²) >= 11 is 6.37. The molecule has 0 aliphatic heterocycles. The van der Waals surface area contributed by atoms with Crippen LogP contribution in [0, 0.1) is 12.8 Å². The summed E-state index contributed by atoms with van der Waals surface area (Å²) in [6.45, 7) is 2.09. The second kappa shape index (κ2) is 7.98. The standard InChI is InChI=1S/C23H25ClN2O2/c1-14-2-4-15(5-3-14)22(25)16-6-8-18(9-7-16)28-21-12-17-10-11-26-23(27)19(17)13-20(21)24/h2-5,10-13,16,18,22H,6-9,25H2,1H3,(H,26,27). The molecule has 0 bridgehead atoms. The van der Waals surface area contributed by atoms with Crippen LogP contribution in [0.15, 0.2) is 53.5 Å². The van der Waals surface area contributed by atoms with E-state index in [2.05, 4.69) is 36.2 Å². The molecular formula is C23H25ClN2O2. The molecule has 0 amide bonds. The number of hydrogen-bond acceptors (Lipinski definition) is 3. The van der Waals surface area contributed by atoms with Gasteiger partial charge in [0.1, 0.15) is 5.75 Å². The number of hydrogen-bond donors (Lipinski definition) is 2. The maximum absolute atomic E-state index is 11.9. The lowest BCUT2D eigenvalue weighted by Gasteiger charge is -2.32. The van der Waals surface area contributed by atoms with Crippen molar-refractivity contribution in [3.05, 3.63) is 75.2 Å². The van der Waals surface area contributed by atoms with Gasteiger partial charge in [-0.05, 0) is 67.7 Å². The summed E-state index contributed by atoms with van der Waals surface area (Å²) in [5, 5.41) is 1.88. The number of fused-ring (bicyclic) bond motifs is 1. The van der Waals surface area contributed by atoms with Gasteiger partial charge in [-0.25, -0.2) is 0 Å². The molecular weight excluding hydrogens is 372 g/mol. The number of pyridine rings is 1. The van der Waals surface area contributed by atoms with E-state index in [0.717, 1.165) is 31.1 Å². The fourth-order valence-electron chi connectivity index (χ4n) is 4.08. The highest BCUT2D eigenvalue weighted by Gasteiger charge is 2.27. The topological polar surface area (TPSA) is 68.1 Å². The molecule has 1 atom stereocenters. The quantitative estimate of drug-likeness (QED) is 0.642. The lowest BCUT2D eigenvalue weighted by atomic mass is 9.80. The zero-order chi connectivity index (χ0) is 19.7. The van der Waals surface area contributed by atoms with E-state index in [1.165, 1.54) is 11.1 Å². The summed E-state index contributed by atoms with van der Waals surface area (Å²) < 4.78 is 6.20. The number of nitrogens with one attached hydrogen (secondary N) is 1. The van der Waals surface area contributed by atoms with Crippen molar-refractivity contribution >= 4 is 22.4 Å². The van der Waals surface area contributed by atoms with Gasteiger partial charge >= 0.3 is 0 Å². The molecule has 1 aromatic heterocycles. The number of nitrogens with two attached hydrogens (primary N) is 1. The van der Waals surface area contributed by atoms with Crippen LogP contribution in [0.2, 0.25) is 5.02 Å². The molecule has 4 nitrogen and oxygen atoms in total. The fraction of sp³-hybridized carbons (Fsp3) is 0.348. The van der Waals surface area contributed by atoms with Crippen LogP contribution in [0.25, 0.3) is 10.8 Å². The molecule has 1 heterocycles. The molecule has 1 saturated carbocycles. The summed E-state index contributed by atoms with van der Waals surface area (Å²) in [6, 6.07) is 14.0. The third-order valence-electron chi connectivity index (χ3n) is 5.81. The minimum absolute atomic E-state index is 0.0672. The summed E-state index contributed by atoms with van der Waals surface area (Å²) in [7, 11) is 0. The second-order valence-electron chi connectivity index (χ2n) is 7.77. The summed E-state index contributed by atoms with van der Waals surface area (Å²) in [6.07, 6.45) is 5.73. The van der Waals surface area contributed by atoms with Crippen LogP contribution in [0.1, 0.15) is 42.9 Å². The van der Waals surface area contributed by atoms with Gasteiger partial charge in [0.05, 0.1) is 11.1 Å². The Kier molecular flexibility index (Phi) is 5.42. The van der Waals surface area contributed by atoms with Crippen molar-refractivity contribution in [1.82, 2.24) is 4.98 Å². The van der Waals surface area contributed by atoms with Crippen LogP contribution in [0.5, 0.6) is 5.75 Å². The molecule has 3 N–H and O–H groups in total. The Balaban J connectivity index is 1.42. The highest BCUT2D eigenvalue weighted by molar-refractivity contribution is 6.32. The maximum Gasteiger partial charge on any atom is 0.255 e. The lowest BCUT2D eigenvalue weighted by Crippen LogP contribution is -2.30. The molecule has 1 unspecified atom stereocenters. The van der Waals surface area contributed by atoms with E-state index in [1.54, 1.807) is 12.3 Å². The molecule has 0 radical (unpaired) electrons. The van der Waals surface area contributed by atoms with Crippen LogP contribution in [-0.4, -0.2) is 11.1 Å². The van der Waals surface area contributed by atoms with E-state index in [4.69, 9.17) is 22.1 Å². The average molecular weight is 397 g/mol. The molecule has 0 saturated heterocycles. The normalized spacial score (nSPS) is 20.8. The monoisotopic (exact) mass is 396 g/mol. The number of rotatable bonds is 4. The Morgan fingerprint density at radius 1 is 1.11 bits per heavy atom. The van der Waals surface area contributed by atoms with Crippen molar-refractivity contribution < 1.29 is 4.74 Å². The van der Waals surface area contributed by atoms with E-state index in [1.807, 2.05) is 12.1 Å². The van der Waals surface area contributed by atoms with Gasteiger partial charge in [0, 0.05) is 17.6 Å². The molecule has 1 fully saturated rings. The first-order valence-corrected chi connectivity index (χ1v) is 10.2. The van der Waals surface area contributed by atoms with Crippen LogP contribution >= 0.6 is 11.6 Å². The summed E-state index contributed by atoms with van der Waals surface area (Å²) in [5.41, 5.74) is 8.84. The number of H-pyrrole nitrogens is 1. The maximum atomic E-state index is 11.9. The zero-order valence-electron chi connectivity index (χ0n) is 16.0. The third kappa shape index (κ3) is 3.94. The molecule has 4 rings (SSSR count). The predicted molar refractivity (Wildman–Crippen MR) is 114 cm³/mol. The lowest BCUT2D eigenvalue weighted by molar-refractivity contribution is 0.123. The first-order valence-electron chi connectivity index (χ1n) is 9.81. The Morgan fingerprint density at radius 2 is 1.82 bits per heavy atom. The number of benzene rings is 2. The minimum atomic E-state index is -0.142. The minimum Gasteiger partial charge on any atom is -0.489 e. The van der Waals surface area contributed by atoms with Gasteiger partial charge in [-0.2, -0.15) is 0 Å². The van der Waals surface area contributed by atoms with Crippen LogP contribution < -0.4 is 16.0 Å². The first-order chi connectivity index (χ1) is 13.5. The molecule has 146 valence electrons. The van der Waals surface area contributed by atoms with Crippen molar-refractivity contribution in [1.29, 1.82) is 0 Å². The molecule has 5 heteroatoms. The van der Waals surface area contributed by atoms with Crippen molar-refractivity contribution in [3.63, 3.8) is 0 Å². The Bertz CT molecular complexity index is 1020. The number of aryl methyl sites for hydroxylation is 1. The average Bonchev–Trinajstić information content (AvgIpc) is 2.70. The van der Waals surface area contributed by atoms with Gasteiger partial charge in [-0.15, -0.1) is 0 Å². The van der Waals surface area contributed by atoms with Gasteiger partial charge < -0.3 is 15.5 Å². The number of aromatic nitrogens is 1. The molecule has 1 aliphatic rings. The second-order valence-corrected chi connectivity index (χ2v) is 8.17. The number of ether oxygens (including phenoxy) is 1. The molecule has 3 aromatic rings. The molecule has 0 spiro atoms. The van der Waals surface area contributed by atoms with Gasteiger partial charge in [0.2, 0.25) is 0 Å². The van der Waals surface area contributed by atoms with Gasteiger partial charge in [0.15, 0.2) is 0 Å². The molecule has 28 heavy (non-hydrogen) atoms. The number of halogens is 1. The highest BCUT2D eigenvalue weighted by Crippen LogP contribution is 2.36. The Labute approximate surface area is 169 Å². The van der Waals surface area contributed by atoms with Crippen molar-refractivity contribution in [2.24, 2.45) is 11.7 Å². The Morgan fingerprint density at radius 3 is 2.54 bits per heavy atom. The molecule has 1 aliphatic carbocycles. The van der Waals surface area contributed by atoms with Crippen LogP contribution in [0.3, 0.4) is 0 Å². The third-order valence-corrected chi connectivity index (χ3v) is 6.10. The van der Waals surface area contributed by atoms with E-state index in [0.29, 0.717) is 22.1 Å². The summed E-state index contributed by atoms with van der Waals surface area (Å²) in [5.74, 6) is 1.11. The zero-order valence-corrected chi connectivity index (χ0v) is 16.7. The van der Waals surface area contributed by atoms with Crippen molar-refractivity contribution in [2.45, 2.75) is 44.8 Å². The summed E-state index contributed by atoms with van der Waals surface area (Å²) in [4.78, 5) is 14.6. The van der Waals surface area contributed by atoms with Gasteiger partial charge in [0.25, 0.3) is 5.56 Å².